The number of hydrogen-bond acceptors (Lipinski definition) is 5. The fraction of sp³-hybridized carbons (Fsp3) is 0.536. The third-order valence-electron chi connectivity index (χ3n) is 6.46. The summed E-state index contributed by atoms with van der Waals surface area (Å²) in [6.07, 6.45) is 4.13. The summed E-state index contributed by atoms with van der Waals surface area (Å²) in [5.41, 5.74) is 4.80. The van der Waals surface area contributed by atoms with Gasteiger partial charge in [-0.2, -0.15) is 0 Å². The lowest BCUT2D eigenvalue weighted by atomic mass is 9.88. The Labute approximate surface area is 215 Å². The van der Waals surface area contributed by atoms with Gasteiger partial charge in [-0.3, -0.25) is 14.6 Å². The normalized spacial score (nSPS) is 18.2. The Hall–Kier alpha value is -2.84. The number of carbonyl (C=O) groups excluding carboxylic acids is 2. The van der Waals surface area contributed by atoms with Crippen LogP contribution in [0.2, 0.25) is 0 Å². The van der Waals surface area contributed by atoms with E-state index in [9.17, 15) is 14.0 Å². The molecule has 1 saturated heterocycles. The summed E-state index contributed by atoms with van der Waals surface area (Å²) in [6, 6.07) is 7.46. The van der Waals surface area contributed by atoms with Crippen molar-refractivity contribution in [3.05, 3.63) is 58.7 Å². The number of aromatic nitrogens is 1. The van der Waals surface area contributed by atoms with Crippen LogP contribution < -0.4 is 10.2 Å². The first-order valence-electron chi connectivity index (χ1n) is 12.5. The largest absolute Gasteiger partial charge is 0.351 e. The number of amides is 2. The van der Waals surface area contributed by atoms with Crippen molar-refractivity contribution in [2.75, 3.05) is 51.7 Å². The van der Waals surface area contributed by atoms with Gasteiger partial charge in [0.2, 0.25) is 12.8 Å². The molecule has 1 aromatic heterocycles. The minimum absolute atomic E-state index is 0.0758. The quantitative estimate of drug-likeness (QED) is 0.639. The van der Waals surface area contributed by atoms with Crippen LogP contribution in [0, 0.1) is 12.7 Å². The molecule has 1 fully saturated rings. The number of fused-ring (bicyclic) bond motifs is 1. The molecule has 0 bridgehead atoms. The van der Waals surface area contributed by atoms with Gasteiger partial charge in [-0.1, -0.05) is 26.8 Å². The third kappa shape index (κ3) is 8.38. The molecule has 3 heterocycles. The number of nitrogens with one attached hydrogen (secondary N) is 1. The van der Waals surface area contributed by atoms with Gasteiger partial charge >= 0.3 is 0 Å². The Balaban J connectivity index is 0.000000268. The molecule has 1 aromatic carbocycles. The van der Waals surface area contributed by atoms with E-state index in [0.717, 1.165) is 47.4 Å². The minimum atomic E-state index is -0.225. The maximum atomic E-state index is 13.2. The van der Waals surface area contributed by atoms with E-state index in [4.69, 9.17) is 0 Å². The van der Waals surface area contributed by atoms with E-state index in [1.54, 1.807) is 25.1 Å². The summed E-state index contributed by atoms with van der Waals surface area (Å²) in [4.78, 5) is 30.9. The van der Waals surface area contributed by atoms with E-state index in [0.29, 0.717) is 19.0 Å². The van der Waals surface area contributed by atoms with E-state index in [2.05, 4.69) is 42.9 Å². The molecular weight excluding hydrogens is 457 g/mol. The van der Waals surface area contributed by atoms with Gasteiger partial charge in [0.25, 0.3) is 0 Å². The van der Waals surface area contributed by atoms with Crippen LogP contribution >= 0.6 is 0 Å². The Bertz CT molecular complexity index is 1010. The topological polar surface area (TPSA) is 68.8 Å². The van der Waals surface area contributed by atoms with Crippen molar-refractivity contribution in [3.8, 4) is 0 Å². The number of nitrogens with zero attached hydrogens (tertiary/aromatic N) is 4. The molecule has 2 aliphatic heterocycles. The summed E-state index contributed by atoms with van der Waals surface area (Å²) in [5.74, 6) is -0.225. The Kier molecular flexibility index (Phi) is 11.0. The number of piperazine rings is 1. The predicted octanol–water partition coefficient (Wildman–Crippen LogP) is 3.38. The van der Waals surface area contributed by atoms with Crippen LogP contribution in [0.25, 0.3) is 0 Å². The van der Waals surface area contributed by atoms with Gasteiger partial charge in [0.15, 0.2) is 0 Å². The molecule has 2 aromatic rings. The van der Waals surface area contributed by atoms with Crippen LogP contribution in [-0.4, -0.2) is 80.5 Å². The Morgan fingerprint density at radius 1 is 1.25 bits per heavy atom. The Morgan fingerprint density at radius 2 is 1.94 bits per heavy atom. The van der Waals surface area contributed by atoms with Crippen molar-refractivity contribution in [2.45, 2.75) is 52.5 Å². The lowest BCUT2D eigenvalue weighted by molar-refractivity contribution is -0.116. The van der Waals surface area contributed by atoms with Gasteiger partial charge in [0.05, 0.1) is 5.69 Å². The molecule has 2 aliphatic rings. The maximum absolute atomic E-state index is 13.2. The summed E-state index contributed by atoms with van der Waals surface area (Å²) in [7, 11) is 3.38. The molecule has 4 rings (SSSR count). The van der Waals surface area contributed by atoms with Gasteiger partial charge < -0.3 is 20.0 Å². The van der Waals surface area contributed by atoms with Crippen LogP contribution in [0.4, 0.5) is 10.1 Å². The smallest absolute Gasteiger partial charge is 0.214 e. The van der Waals surface area contributed by atoms with Crippen molar-refractivity contribution in [1.29, 1.82) is 0 Å². The predicted molar refractivity (Wildman–Crippen MR) is 144 cm³/mol. The standard InChI is InChI=1S/C18H19FN2O.C7H16N2.C3H7NO/c1-12-6-14(19)5-4-13(12)7-15-8-17-16(9-20-15)18(2,3)10-21(17)11-22;1-3-9-5-4-8-7(2)6-9;1-4(2)3-5/h4-6,8-9,11H,7,10H2,1-3H3;7-8H,3-6H2,1-2H3;3H,1-2H3. The zero-order valence-corrected chi connectivity index (χ0v) is 22.8. The van der Waals surface area contributed by atoms with Crippen LogP contribution in [0.5, 0.6) is 0 Å². The van der Waals surface area contributed by atoms with Crippen LogP contribution in [0.1, 0.15) is 50.1 Å². The summed E-state index contributed by atoms with van der Waals surface area (Å²) in [5, 5.41) is 3.40. The van der Waals surface area contributed by atoms with Crippen molar-refractivity contribution in [1.82, 2.24) is 20.1 Å². The summed E-state index contributed by atoms with van der Waals surface area (Å²) in [6.45, 7) is 16.1. The highest BCUT2D eigenvalue weighted by Crippen LogP contribution is 2.39. The fourth-order valence-corrected chi connectivity index (χ4v) is 4.38. The molecule has 0 aliphatic carbocycles. The first-order valence-corrected chi connectivity index (χ1v) is 12.5. The average molecular weight is 500 g/mol. The Morgan fingerprint density at radius 3 is 2.47 bits per heavy atom. The molecule has 1 atom stereocenters. The van der Waals surface area contributed by atoms with E-state index >= 15 is 0 Å². The molecule has 1 unspecified atom stereocenters. The molecule has 0 radical (unpaired) electrons. The van der Waals surface area contributed by atoms with Crippen molar-refractivity contribution in [3.63, 3.8) is 0 Å². The van der Waals surface area contributed by atoms with Gasteiger partial charge in [-0.25, -0.2) is 4.39 Å². The zero-order valence-electron chi connectivity index (χ0n) is 22.8. The van der Waals surface area contributed by atoms with E-state index in [1.807, 2.05) is 19.2 Å². The van der Waals surface area contributed by atoms with Crippen LogP contribution in [0.3, 0.4) is 0 Å². The number of anilines is 1. The lowest BCUT2D eigenvalue weighted by Gasteiger charge is -2.30. The second-order valence-corrected chi connectivity index (χ2v) is 10.4. The molecule has 2 amide bonds. The molecule has 1 N–H and O–H groups in total. The molecule has 0 saturated carbocycles. The number of benzene rings is 1. The van der Waals surface area contributed by atoms with Gasteiger partial charge in [0.1, 0.15) is 5.82 Å². The third-order valence-corrected chi connectivity index (χ3v) is 6.46. The molecule has 0 spiro atoms. The minimum Gasteiger partial charge on any atom is -0.351 e. The zero-order chi connectivity index (χ0) is 26.9. The number of pyridine rings is 1. The highest BCUT2D eigenvalue weighted by molar-refractivity contribution is 5.81. The van der Waals surface area contributed by atoms with Crippen molar-refractivity contribution < 1.29 is 14.0 Å². The molecular formula is C28H42FN5O2. The fourth-order valence-electron chi connectivity index (χ4n) is 4.38. The molecule has 198 valence electrons. The van der Waals surface area contributed by atoms with E-state index in [-0.39, 0.29) is 11.2 Å². The second kappa shape index (κ2) is 13.5. The van der Waals surface area contributed by atoms with Gasteiger partial charge in [-0.05, 0) is 49.7 Å². The average Bonchev–Trinajstić information content (AvgIpc) is 3.11. The lowest BCUT2D eigenvalue weighted by Crippen LogP contribution is -2.48. The second-order valence-electron chi connectivity index (χ2n) is 10.4. The monoisotopic (exact) mass is 499 g/mol. The number of aryl methyl sites for hydroxylation is 1. The SMILES string of the molecule is CCN1CCNC(C)C1.CN(C)C=O.Cc1cc(F)ccc1Cc1cc2c(cn1)C(C)(C)CN2C=O. The van der Waals surface area contributed by atoms with Gasteiger partial charge in [-0.15, -0.1) is 0 Å². The highest BCUT2D eigenvalue weighted by Gasteiger charge is 2.35. The number of hydrogen-bond donors (Lipinski definition) is 1. The van der Waals surface area contributed by atoms with E-state index in [1.165, 1.54) is 36.7 Å². The summed E-state index contributed by atoms with van der Waals surface area (Å²) >= 11 is 0. The van der Waals surface area contributed by atoms with Crippen LogP contribution in [-0.2, 0) is 21.4 Å². The molecule has 8 heteroatoms. The highest BCUT2D eigenvalue weighted by atomic mass is 19.1. The molecule has 7 nitrogen and oxygen atoms in total. The number of likely N-dealkylation sites (N-methyl/N-ethyl adjacent to an activating group) is 1. The first-order chi connectivity index (χ1) is 17.0. The van der Waals surface area contributed by atoms with E-state index < -0.39 is 0 Å². The number of halogens is 1. The van der Waals surface area contributed by atoms with Gasteiger partial charge in [0, 0.05) is 75.6 Å². The summed E-state index contributed by atoms with van der Waals surface area (Å²) < 4.78 is 13.2. The van der Waals surface area contributed by atoms with Crippen molar-refractivity contribution >= 4 is 18.5 Å². The maximum Gasteiger partial charge on any atom is 0.214 e. The van der Waals surface area contributed by atoms with Crippen molar-refractivity contribution in [2.24, 2.45) is 0 Å². The number of carbonyl (C=O) groups is 2. The number of rotatable bonds is 5. The first kappa shape index (κ1) is 29.4. The van der Waals surface area contributed by atoms with Crippen LogP contribution in [0.15, 0.2) is 30.5 Å². The molecule has 36 heavy (non-hydrogen) atoms.